The molecule has 5 heteroatoms. The van der Waals surface area contributed by atoms with Crippen LogP contribution >= 0.6 is 0 Å². The molecule has 0 radical (unpaired) electrons. The van der Waals surface area contributed by atoms with Gasteiger partial charge >= 0.3 is 5.97 Å². The second-order valence-corrected chi connectivity index (χ2v) is 6.13. The van der Waals surface area contributed by atoms with Gasteiger partial charge in [0.2, 0.25) is 0 Å². The van der Waals surface area contributed by atoms with E-state index >= 15 is 0 Å². The number of rotatable bonds is 8. The topological polar surface area (TPSA) is 64.6 Å². The fourth-order valence-corrected chi connectivity index (χ4v) is 2.54. The lowest BCUT2D eigenvalue weighted by Crippen LogP contribution is -2.21. The van der Waals surface area contributed by atoms with E-state index in [0.717, 1.165) is 11.3 Å². The zero-order valence-corrected chi connectivity index (χ0v) is 15.3. The van der Waals surface area contributed by atoms with Gasteiger partial charge in [-0.3, -0.25) is 9.59 Å². The SMILES string of the molecule is O=C(COC(=O)CCc1ccccc1)Nc1ccc(Oc2ccccc2)cc1. The molecular formula is C23H21NO4. The third-order valence-corrected chi connectivity index (χ3v) is 3.94. The van der Waals surface area contributed by atoms with Crippen LogP contribution in [0.5, 0.6) is 11.5 Å². The molecule has 0 aromatic heterocycles. The van der Waals surface area contributed by atoms with Crippen LogP contribution < -0.4 is 10.1 Å². The van der Waals surface area contributed by atoms with Crippen molar-refractivity contribution in [3.05, 3.63) is 90.5 Å². The Balaban J connectivity index is 1.40. The number of carbonyl (C=O) groups is 2. The highest BCUT2D eigenvalue weighted by atomic mass is 16.5. The number of nitrogens with one attached hydrogen (secondary N) is 1. The summed E-state index contributed by atoms with van der Waals surface area (Å²) >= 11 is 0. The summed E-state index contributed by atoms with van der Waals surface area (Å²) in [7, 11) is 0. The summed E-state index contributed by atoms with van der Waals surface area (Å²) in [6, 6.07) is 26.1. The Labute approximate surface area is 163 Å². The molecule has 0 atom stereocenters. The summed E-state index contributed by atoms with van der Waals surface area (Å²) in [6.07, 6.45) is 0.826. The zero-order chi connectivity index (χ0) is 19.6. The lowest BCUT2D eigenvalue weighted by molar-refractivity contribution is -0.147. The number of anilines is 1. The van der Waals surface area contributed by atoms with Crippen molar-refractivity contribution in [2.24, 2.45) is 0 Å². The minimum absolute atomic E-state index is 0.239. The minimum Gasteiger partial charge on any atom is -0.457 e. The maximum absolute atomic E-state index is 11.9. The number of hydrogen-bond donors (Lipinski definition) is 1. The van der Waals surface area contributed by atoms with Gasteiger partial charge < -0.3 is 14.8 Å². The molecule has 3 rings (SSSR count). The number of amides is 1. The lowest BCUT2D eigenvalue weighted by Gasteiger charge is -2.09. The van der Waals surface area contributed by atoms with E-state index in [1.165, 1.54) is 0 Å². The van der Waals surface area contributed by atoms with Gasteiger partial charge in [0.15, 0.2) is 6.61 Å². The van der Waals surface area contributed by atoms with E-state index in [2.05, 4.69) is 5.32 Å². The van der Waals surface area contributed by atoms with Crippen LogP contribution in [0.15, 0.2) is 84.9 Å². The van der Waals surface area contributed by atoms with Crippen LogP contribution in [0.3, 0.4) is 0 Å². The highest BCUT2D eigenvalue weighted by Gasteiger charge is 2.08. The molecule has 1 amide bonds. The number of ether oxygens (including phenoxy) is 2. The third kappa shape index (κ3) is 6.29. The van der Waals surface area contributed by atoms with Crippen molar-refractivity contribution in [3.63, 3.8) is 0 Å². The zero-order valence-electron chi connectivity index (χ0n) is 15.3. The highest BCUT2D eigenvalue weighted by Crippen LogP contribution is 2.22. The van der Waals surface area contributed by atoms with Crippen molar-refractivity contribution in [1.29, 1.82) is 0 Å². The normalized spacial score (nSPS) is 10.1. The molecule has 0 heterocycles. The van der Waals surface area contributed by atoms with E-state index in [0.29, 0.717) is 17.9 Å². The molecule has 0 aliphatic carbocycles. The first-order chi connectivity index (χ1) is 13.7. The van der Waals surface area contributed by atoms with Crippen molar-refractivity contribution in [3.8, 4) is 11.5 Å². The Kier molecular flexibility index (Phi) is 6.79. The molecule has 0 aliphatic heterocycles. The Hall–Kier alpha value is -3.60. The minimum atomic E-state index is -0.398. The molecule has 0 bridgehead atoms. The maximum atomic E-state index is 11.9. The summed E-state index contributed by atoms with van der Waals surface area (Å²) in [5, 5.41) is 2.69. The number of carbonyl (C=O) groups excluding carboxylic acids is 2. The van der Waals surface area contributed by atoms with Crippen LogP contribution in [0, 0.1) is 0 Å². The van der Waals surface area contributed by atoms with Crippen LogP contribution in [0.25, 0.3) is 0 Å². The van der Waals surface area contributed by atoms with E-state index in [9.17, 15) is 9.59 Å². The first kappa shape index (κ1) is 19.2. The summed E-state index contributed by atoms with van der Waals surface area (Å²) in [5.41, 5.74) is 1.66. The van der Waals surface area contributed by atoms with Crippen molar-refractivity contribution >= 4 is 17.6 Å². The van der Waals surface area contributed by atoms with E-state index in [1.807, 2.05) is 60.7 Å². The van der Waals surface area contributed by atoms with Crippen molar-refractivity contribution < 1.29 is 19.1 Å². The molecule has 0 fully saturated rings. The first-order valence-electron chi connectivity index (χ1n) is 9.01. The monoisotopic (exact) mass is 375 g/mol. The van der Waals surface area contributed by atoms with Gasteiger partial charge in [-0.25, -0.2) is 0 Å². The van der Waals surface area contributed by atoms with Crippen LogP contribution in [0.2, 0.25) is 0 Å². The van der Waals surface area contributed by atoms with Gasteiger partial charge in [0, 0.05) is 12.1 Å². The van der Waals surface area contributed by atoms with E-state index in [1.54, 1.807) is 24.3 Å². The largest absolute Gasteiger partial charge is 0.457 e. The predicted molar refractivity (Wildman–Crippen MR) is 107 cm³/mol. The molecular weight excluding hydrogens is 354 g/mol. The summed E-state index contributed by atoms with van der Waals surface area (Å²) in [6.45, 7) is -0.310. The number of hydrogen-bond acceptors (Lipinski definition) is 4. The fourth-order valence-electron chi connectivity index (χ4n) is 2.54. The van der Waals surface area contributed by atoms with Gasteiger partial charge in [-0.05, 0) is 48.4 Å². The smallest absolute Gasteiger partial charge is 0.306 e. The molecule has 142 valence electrons. The quantitative estimate of drug-likeness (QED) is 0.585. The Bertz CT molecular complexity index is 893. The fraction of sp³-hybridized carbons (Fsp3) is 0.130. The number of esters is 1. The van der Waals surface area contributed by atoms with Gasteiger partial charge in [0.25, 0.3) is 5.91 Å². The Morgan fingerprint density at radius 3 is 2.04 bits per heavy atom. The first-order valence-corrected chi connectivity index (χ1v) is 9.01. The standard InChI is InChI=1S/C23H21NO4/c25-22(17-27-23(26)16-11-18-7-3-1-4-8-18)24-19-12-14-21(15-13-19)28-20-9-5-2-6-10-20/h1-10,12-15H,11,16-17H2,(H,24,25). The van der Waals surface area contributed by atoms with Gasteiger partial charge in [-0.1, -0.05) is 48.5 Å². The molecule has 28 heavy (non-hydrogen) atoms. The van der Waals surface area contributed by atoms with Crippen LogP contribution in [-0.2, 0) is 20.7 Å². The third-order valence-electron chi connectivity index (χ3n) is 3.94. The average molecular weight is 375 g/mol. The molecule has 1 N–H and O–H groups in total. The second-order valence-electron chi connectivity index (χ2n) is 6.13. The van der Waals surface area contributed by atoms with Crippen LogP contribution in [0.4, 0.5) is 5.69 Å². The van der Waals surface area contributed by atoms with Crippen LogP contribution in [0.1, 0.15) is 12.0 Å². The molecule has 0 spiro atoms. The van der Waals surface area contributed by atoms with E-state index < -0.39 is 5.97 Å². The average Bonchev–Trinajstić information content (AvgIpc) is 2.74. The Morgan fingerprint density at radius 1 is 0.750 bits per heavy atom. The van der Waals surface area contributed by atoms with Crippen molar-refractivity contribution in [2.75, 3.05) is 11.9 Å². The van der Waals surface area contributed by atoms with Gasteiger partial charge in [0.1, 0.15) is 11.5 Å². The molecule has 0 aliphatic rings. The summed E-state index contributed by atoms with van der Waals surface area (Å²) < 4.78 is 10.7. The van der Waals surface area contributed by atoms with Gasteiger partial charge in [-0.2, -0.15) is 0 Å². The molecule has 0 saturated carbocycles. The van der Waals surface area contributed by atoms with Crippen molar-refractivity contribution in [2.45, 2.75) is 12.8 Å². The number of aryl methyl sites for hydroxylation is 1. The molecule has 0 saturated heterocycles. The number of benzene rings is 3. The van der Waals surface area contributed by atoms with Crippen LogP contribution in [-0.4, -0.2) is 18.5 Å². The van der Waals surface area contributed by atoms with Gasteiger partial charge in [0.05, 0.1) is 0 Å². The highest BCUT2D eigenvalue weighted by molar-refractivity contribution is 5.92. The second kappa shape index (κ2) is 9.92. The molecule has 3 aromatic rings. The maximum Gasteiger partial charge on any atom is 0.306 e. The molecule has 5 nitrogen and oxygen atoms in total. The number of para-hydroxylation sites is 1. The summed E-state index contributed by atoms with van der Waals surface area (Å²) in [5.74, 6) is 0.619. The predicted octanol–water partition coefficient (Wildman–Crippen LogP) is 4.59. The van der Waals surface area contributed by atoms with E-state index in [4.69, 9.17) is 9.47 Å². The van der Waals surface area contributed by atoms with Gasteiger partial charge in [-0.15, -0.1) is 0 Å². The molecule has 0 unspecified atom stereocenters. The van der Waals surface area contributed by atoms with E-state index in [-0.39, 0.29) is 18.9 Å². The Morgan fingerprint density at radius 2 is 1.36 bits per heavy atom. The lowest BCUT2D eigenvalue weighted by atomic mass is 10.1. The van der Waals surface area contributed by atoms with Crippen molar-refractivity contribution in [1.82, 2.24) is 0 Å². The summed E-state index contributed by atoms with van der Waals surface area (Å²) in [4.78, 5) is 23.7. The molecule has 3 aromatic carbocycles.